The molecule has 2 aromatic rings. The van der Waals surface area contributed by atoms with E-state index in [0.717, 1.165) is 29.5 Å². The molecule has 1 aromatic carbocycles. The molecule has 3 N–H and O–H groups in total. The van der Waals surface area contributed by atoms with Crippen LogP contribution in [0.2, 0.25) is 0 Å². The van der Waals surface area contributed by atoms with E-state index < -0.39 is 0 Å². The molecule has 0 fully saturated rings. The predicted molar refractivity (Wildman–Crippen MR) is 79.4 cm³/mol. The smallest absolute Gasteiger partial charge is 0.209 e. The van der Waals surface area contributed by atoms with E-state index in [1.807, 2.05) is 36.2 Å². The van der Waals surface area contributed by atoms with Crippen molar-refractivity contribution in [1.29, 1.82) is 5.41 Å². The second-order valence-corrected chi connectivity index (χ2v) is 4.96. The minimum Gasteiger partial charge on any atom is -0.384 e. The number of rotatable bonds is 5. The Morgan fingerprint density at radius 2 is 2.16 bits per heavy atom. The third-order valence-electron chi connectivity index (χ3n) is 2.77. The lowest BCUT2D eigenvalue weighted by atomic mass is 10.1. The number of amidine groups is 1. The van der Waals surface area contributed by atoms with Gasteiger partial charge in [0, 0.05) is 30.6 Å². The Bertz CT molecular complexity index is 578. The molecule has 0 unspecified atom stereocenters. The highest BCUT2D eigenvalue weighted by atomic mass is 32.1. The molecule has 0 saturated heterocycles. The molecule has 1 aromatic heterocycles. The lowest BCUT2D eigenvalue weighted by Gasteiger charge is -2.18. The van der Waals surface area contributed by atoms with E-state index in [2.05, 4.69) is 16.3 Å². The van der Waals surface area contributed by atoms with Crippen LogP contribution in [-0.2, 0) is 6.42 Å². The van der Waals surface area contributed by atoms with Crippen molar-refractivity contribution in [3.05, 3.63) is 35.7 Å². The summed E-state index contributed by atoms with van der Waals surface area (Å²) in [5.74, 6) is 0.926. The Hall–Kier alpha value is -1.95. The van der Waals surface area contributed by atoms with Crippen LogP contribution in [0.3, 0.4) is 0 Å². The van der Waals surface area contributed by atoms with E-state index in [0.29, 0.717) is 5.56 Å². The summed E-state index contributed by atoms with van der Waals surface area (Å²) in [7, 11) is 1.91. The number of nitrogen functional groups attached to an aromatic ring is 1. The molecule has 0 radical (unpaired) electrons. The van der Waals surface area contributed by atoms with Crippen LogP contribution in [-0.4, -0.2) is 22.2 Å². The van der Waals surface area contributed by atoms with Crippen LogP contribution < -0.4 is 10.6 Å². The molecule has 0 aliphatic carbocycles. The van der Waals surface area contributed by atoms with Crippen LogP contribution in [0.4, 0.5) is 10.8 Å². The summed E-state index contributed by atoms with van der Waals surface area (Å²) in [4.78, 5) is 6.42. The molecule has 0 aliphatic rings. The first-order chi connectivity index (χ1) is 9.13. The van der Waals surface area contributed by atoms with Gasteiger partial charge in [0.05, 0.1) is 5.69 Å². The fourth-order valence-electron chi connectivity index (χ4n) is 1.80. The summed E-state index contributed by atoms with van der Waals surface area (Å²) >= 11 is 1.37. The van der Waals surface area contributed by atoms with Gasteiger partial charge in [-0.1, -0.05) is 19.1 Å². The molecular formula is C13H17N5S. The lowest BCUT2D eigenvalue weighted by molar-refractivity contribution is 0.859. The first kappa shape index (κ1) is 13.5. The lowest BCUT2D eigenvalue weighted by Crippen LogP contribution is -2.18. The van der Waals surface area contributed by atoms with Gasteiger partial charge in [0.25, 0.3) is 0 Å². The summed E-state index contributed by atoms with van der Waals surface area (Å²) in [6.07, 6.45) is 1.92. The second kappa shape index (κ2) is 5.79. The van der Waals surface area contributed by atoms with Crippen LogP contribution in [0.15, 0.2) is 24.3 Å². The monoisotopic (exact) mass is 275 g/mol. The van der Waals surface area contributed by atoms with Crippen LogP contribution in [0.1, 0.15) is 24.7 Å². The molecule has 19 heavy (non-hydrogen) atoms. The first-order valence-corrected chi connectivity index (χ1v) is 6.90. The first-order valence-electron chi connectivity index (χ1n) is 6.13. The molecule has 0 amide bonds. The van der Waals surface area contributed by atoms with E-state index in [9.17, 15) is 0 Å². The summed E-state index contributed by atoms with van der Waals surface area (Å²) in [6, 6.07) is 7.56. The van der Waals surface area contributed by atoms with Gasteiger partial charge in [-0.3, -0.25) is 5.41 Å². The number of nitrogens with one attached hydrogen (secondary N) is 1. The standard InChI is InChI=1S/C13H17N5S/c1-3-6-11-16-13(19-17-11)18(2)10-8-5-4-7-9(10)12(14)15/h4-5,7-8H,3,6H2,1-2H3,(H3,14,15). The molecule has 6 heteroatoms. The van der Waals surface area contributed by atoms with Crippen molar-refractivity contribution < 1.29 is 0 Å². The van der Waals surface area contributed by atoms with E-state index in [-0.39, 0.29) is 5.84 Å². The molecule has 1 heterocycles. The Kier molecular flexibility index (Phi) is 4.11. The second-order valence-electron chi connectivity index (χ2n) is 4.23. The highest BCUT2D eigenvalue weighted by Gasteiger charge is 2.14. The molecule has 0 bridgehead atoms. The van der Waals surface area contributed by atoms with Crippen molar-refractivity contribution in [2.24, 2.45) is 5.73 Å². The van der Waals surface area contributed by atoms with Crippen molar-refractivity contribution >= 4 is 28.2 Å². The summed E-state index contributed by atoms with van der Waals surface area (Å²) < 4.78 is 4.33. The number of nitrogens with zero attached hydrogens (tertiary/aromatic N) is 3. The largest absolute Gasteiger partial charge is 0.384 e. The number of para-hydroxylation sites is 1. The highest BCUT2D eigenvalue weighted by molar-refractivity contribution is 7.09. The van der Waals surface area contributed by atoms with Gasteiger partial charge in [-0.25, -0.2) is 4.98 Å². The summed E-state index contributed by atoms with van der Waals surface area (Å²) in [5, 5.41) is 8.44. The quantitative estimate of drug-likeness (QED) is 0.649. The average Bonchev–Trinajstić information content (AvgIpc) is 2.87. The van der Waals surface area contributed by atoms with Crippen LogP contribution in [0.5, 0.6) is 0 Å². The van der Waals surface area contributed by atoms with Crippen molar-refractivity contribution in [1.82, 2.24) is 9.36 Å². The topological polar surface area (TPSA) is 78.9 Å². The number of nitrogens with two attached hydrogens (primary N) is 1. The predicted octanol–water partition coefficient (Wildman–Crippen LogP) is 2.54. The number of hydrogen-bond donors (Lipinski definition) is 2. The van der Waals surface area contributed by atoms with Gasteiger partial charge >= 0.3 is 0 Å². The third-order valence-corrected chi connectivity index (χ3v) is 3.60. The zero-order chi connectivity index (χ0) is 13.8. The minimum atomic E-state index is 0.0562. The Labute approximate surface area is 116 Å². The van der Waals surface area contributed by atoms with E-state index in [1.54, 1.807) is 0 Å². The molecule has 5 nitrogen and oxygen atoms in total. The Morgan fingerprint density at radius 1 is 1.42 bits per heavy atom. The Morgan fingerprint density at radius 3 is 2.84 bits per heavy atom. The van der Waals surface area contributed by atoms with E-state index in [4.69, 9.17) is 11.1 Å². The van der Waals surface area contributed by atoms with Crippen molar-refractivity contribution in [3.63, 3.8) is 0 Å². The van der Waals surface area contributed by atoms with Crippen molar-refractivity contribution in [2.45, 2.75) is 19.8 Å². The maximum absolute atomic E-state index is 7.62. The molecule has 0 spiro atoms. The zero-order valence-corrected chi connectivity index (χ0v) is 11.9. The molecule has 0 saturated carbocycles. The maximum Gasteiger partial charge on any atom is 0.209 e. The van der Waals surface area contributed by atoms with Crippen molar-refractivity contribution in [3.8, 4) is 0 Å². The molecular weight excluding hydrogens is 258 g/mol. The van der Waals surface area contributed by atoms with Gasteiger partial charge in [0.15, 0.2) is 0 Å². The number of benzene rings is 1. The summed E-state index contributed by atoms with van der Waals surface area (Å²) in [6.45, 7) is 2.11. The number of aryl methyl sites for hydroxylation is 1. The van der Waals surface area contributed by atoms with Crippen molar-refractivity contribution in [2.75, 3.05) is 11.9 Å². The number of anilines is 2. The highest BCUT2D eigenvalue weighted by Crippen LogP contribution is 2.28. The summed E-state index contributed by atoms with van der Waals surface area (Å²) in [5.41, 5.74) is 7.18. The fourth-order valence-corrected chi connectivity index (χ4v) is 2.49. The third kappa shape index (κ3) is 2.90. The van der Waals surface area contributed by atoms with Crippen LogP contribution in [0.25, 0.3) is 0 Å². The Balaban J connectivity index is 2.32. The maximum atomic E-state index is 7.62. The molecule has 0 atom stereocenters. The van der Waals surface area contributed by atoms with Gasteiger partial charge in [-0.15, -0.1) is 0 Å². The van der Waals surface area contributed by atoms with E-state index in [1.165, 1.54) is 11.5 Å². The van der Waals surface area contributed by atoms with Gasteiger partial charge in [-0.05, 0) is 18.6 Å². The SMILES string of the molecule is CCCc1nsc(N(C)c2ccccc2C(=N)N)n1. The van der Waals surface area contributed by atoms with Gasteiger partial charge in [-0.2, -0.15) is 4.37 Å². The average molecular weight is 275 g/mol. The molecule has 100 valence electrons. The van der Waals surface area contributed by atoms with Gasteiger partial charge < -0.3 is 10.6 Å². The molecule has 2 rings (SSSR count). The zero-order valence-electron chi connectivity index (χ0n) is 11.1. The van der Waals surface area contributed by atoms with E-state index >= 15 is 0 Å². The van der Waals surface area contributed by atoms with Crippen LogP contribution >= 0.6 is 11.5 Å². The fraction of sp³-hybridized carbons (Fsp3) is 0.308. The number of aromatic nitrogens is 2. The minimum absolute atomic E-state index is 0.0562. The molecule has 0 aliphatic heterocycles. The van der Waals surface area contributed by atoms with Gasteiger partial charge in [0.1, 0.15) is 11.7 Å². The normalized spacial score (nSPS) is 10.4. The van der Waals surface area contributed by atoms with Gasteiger partial charge in [0.2, 0.25) is 5.13 Å². The number of hydrogen-bond acceptors (Lipinski definition) is 5. The van der Waals surface area contributed by atoms with Crippen LogP contribution in [0, 0.1) is 5.41 Å².